The lowest BCUT2D eigenvalue weighted by Gasteiger charge is -2.11. The minimum Gasteiger partial charge on any atom is -0.423 e. The summed E-state index contributed by atoms with van der Waals surface area (Å²) in [5.74, 6) is -0.931. The quantitative estimate of drug-likeness (QED) is 0.310. The Hall–Kier alpha value is -3.33. The van der Waals surface area contributed by atoms with Gasteiger partial charge in [-0.25, -0.2) is 4.79 Å². The third kappa shape index (κ3) is 3.67. The Morgan fingerprint density at radius 1 is 1.15 bits per heavy atom. The fourth-order valence-corrected chi connectivity index (χ4v) is 2.66. The highest BCUT2D eigenvalue weighted by molar-refractivity contribution is 7.80. The molecule has 7 nitrogen and oxygen atoms in total. The van der Waals surface area contributed by atoms with Crippen LogP contribution in [0.1, 0.15) is 5.56 Å². The number of hydrogen-bond donors (Lipinski definition) is 2. The number of nitro benzene ring substituents is 1. The third-order valence-corrected chi connectivity index (χ3v) is 3.81. The fraction of sp³-hybridized carbons (Fsp3) is 0.0588. The summed E-state index contributed by atoms with van der Waals surface area (Å²) in [5, 5.41) is 17.3. The molecule has 2 aromatic carbocycles. The zero-order valence-corrected chi connectivity index (χ0v) is 14.2. The molecule has 2 N–H and O–H groups in total. The summed E-state index contributed by atoms with van der Waals surface area (Å²) < 4.78 is 18.5. The van der Waals surface area contributed by atoms with E-state index in [1.807, 2.05) is 0 Å². The SMILES string of the molecule is Cc1cc(=O)oc2cc(NC(=S)Nc3ccc(F)c([N+](=O)[O-])c3)ccc12. The van der Waals surface area contributed by atoms with Crippen LogP contribution in [0.3, 0.4) is 0 Å². The molecule has 0 aliphatic rings. The second kappa shape index (κ2) is 6.89. The van der Waals surface area contributed by atoms with E-state index >= 15 is 0 Å². The number of rotatable bonds is 3. The molecule has 0 unspecified atom stereocenters. The number of fused-ring (bicyclic) bond motifs is 1. The van der Waals surface area contributed by atoms with Crippen molar-refractivity contribution in [2.75, 3.05) is 10.6 Å². The van der Waals surface area contributed by atoms with E-state index in [1.54, 1.807) is 25.1 Å². The Morgan fingerprint density at radius 3 is 2.50 bits per heavy atom. The van der Waals surface area contributed by atoms with Gasteiger partial charge in [-0.15, -0.1) is 0 Å². The van der Waals surface area contributed by atoms with Crippen LogP contribution in [0.4, 0.5) is 21.5 Å². The smallest absolute Gasteiger partial charge is 0.336 e. The van der Waals surface area contributed by atoms with Gasteiger partial charge in [-0.1, -0.05) is 0 Å². The van der Waals surface area contributed by atoms with Crippen molar-refractivity contribution in [1.82, 2.24) is 0 Å². The predicted molar refractivity (Wildman–Crippen MR) is 100 cm³/mol. The zero-order valence-electron chi connectivity index (χ0n) is 13.4. The molecule has 0 fully saturated rings. The Kier molecular flexibility index (Phi) is 4.63. The summed E-state index contributed by atoms with van der Waals surface area (Å²) in [6.07, 6.45) is 0. The minimum atomic E-state index is -0.931. The van der Waals surface area contributed by atoms with Crippen molar-refractivity contribution in [3.05, 3.63) is 74.4 Å². The molecule has 3 aromatic rings. The van der Waals surface area contributed by atoms with Crippen molar-refractivity contribution in [1.29, 1.82) is 0 Å². The van der Waals surface area contributed by atoms with Gasteiger partial charge in [-0.2, -0.15) is 4.39 Å². The van der Waals surface area contributed by atoms with Crippen molar-refractivity contribution in [3.8, 4) is 0 Å². The summed E-state index contributed by atoms with van der Waals surface area (Å²) in [4.78, 5) is 21.5. The van der Waals surface area contributed by atoms with Crippen molar-refractivity contribution in [2.24, 2.45) is 0 Å². The van der Waals surface area contributed by atoms with Gasteiger partial charge in [0.15, 0.2) is 5.11 Å². The van der Waals surface area contributed by atoms with E-state index in [0.29, 0.717) is 11.3 Å². The normalized spacial score (nSPS) is 10.5. The number of halogens is 1. The maximum absolute atomic E-state index is 13.4. The molecule has 1 aromatic heterocycles. The molecule has 132 valence electrons. The molecule has 1 heterocycles. The summed E-state index contributed by atoms with van der Waals surface area (Å²) >= 11 is 5.16. The number of hydrogen-bond acceptors (Lipinski definition) is 5. The topological polar surface area (TPSA) is 97.4 Å². The van der Waals surface area contributed by atoms with Gasteiger partial charge in [0.05, 0.1) is 4.92 Å². The van der Waals surface area contributed by atoms with Gasteiger partial charge in [-0.05, 0) is 49.0 Å². The van der Waals surface area contributed by atoms with E-state index in [0.717, 1.165) is 23.1 Å². The van der Waals surface area contributed by atoms with Crippen LogP contribution in [0.25, 0.3) is 11.0 Å². The zero-order chi connectivity index (χ0) is 18.8. The first kappa shape index (κ1) is 17.5. The molecule has 26 heavy (non-hydrogen) atoms. The Bertz CT molecular complexity index is 1100. The van der Waals surface area contributed by atoms with Crippen molar-refractivity contribution in [3.63, 3.8) is 0 Å². The lowest BCUT2D eigenvalue weighted by molar-refractivity contribution is -0.387. The predicted octanol–water partition coefficient (Wildman–Crippen LogP) is 3.96. The fourth-order valence-electron chi connectivity index (χ4n) is 2.43. The molecule has 0 atom stereocenters. The molecule has 0 aliphatic heterocycles. The van der Waals surface area contributed by atoms with Crippen LogP contribution in [0.2, 0.25) is 0 Å². The van der Waals surface area contributed by atoms with Gasteiger partial charge in [0, 0.05) is 35.0 Å². The van der Waals surface area contributed by atoms with Crippen LogP contribution in [0.5, 0.6) is 0 Å². The lowest BCUT2D eigenvalue weighted by atomic mass is 10.1. The monoisotopic (exact) mass is 373 g/mol. The maximum Gasteiger partial charge on any atom is 0.336 e. The number of nitrogens with one attached hydrogen (secondary N) is 2. The molecule has 0 saturated heterocycles. The van der Waals surface area contributed by atoms with E-state index in [4.69, 9.17) is 16.6 Å². The highest BCUT2D eigenvalue weighted by Crippen LogP contribution is 2.23. The maximum atomic E-state index is 13.4. The van der Waals surface area contributed by atoms with Crippen LogP contribution in [-0.4, -0.2) is 10.0 Å². The lowest BCUT2D eigenvalue weighted by Crippen LogP contribution is -2.19. The van der Waals surface area contributed by atoms with Gasteiger partial charge < -0.3 is 15.1 Å². The first-order chi connectivity index (χ1) is 12.3. The van der Waals surface area contributed by atoms with Crippen molar-refractivity contribution >= 4 is 45.4 Å². The van der Waals surface area contributed by atoms with E-state index in [1.165, 1.54) is 12.1 Å². The highest BCUT2D eigenvalue weighted by atomic mass is 32.1. The number of benzene rings is 2. The van der Waals surface area contributed by atoms with Crippen molar-refractivity contribution < 1.29 is 13.7 Å². The average Bonchev–Trinajstić information content (AvgIpc) is 2.55. The Labute approximate surface area is 151 Å². The molecule has 0 bridgehead atoms. The van der Waals surface area contributed by atoms with E-state index in [-0.39, 0.29) is 10.8 Å². The second-order valence-corrected chi connectivity index (χ2v) is 5.87. The molecule has 0 amide bonds. The van der Waals surface area contributed by atoms with Gasteiger partial charge in [-0.3, -0.25) is 10.1 Å². The van der Waals surface area contributed by atoms with Crippen LogP contribution in [0, 0.1) is 22.9 Å². The number of nitrogens with zero attached hydrogens (tertiary/aromatic N) is 1. The largest absolute Gasteiger partial charge is 0.423 e. The number of anilines is 2. The van der Waals surface area contributed by atoms with Crippen LogP contribution < -0.4 is 16.3 Å². The second-order valence-electron chi connectivity index (χ2n) is 5.46. The molecular formula is C17H12FN3O4S. The van der Waals surface area contributed by atoms with Crippen LogP contribution in [0.15, 0.2) is 51.7 Å². The molecular weight excluding hydrogens is 361 g/mol. The van der Waals surface area contributed by atoms with Gasteiger partial charge >= 0.3 is 11.3 Å². The molecule has 0 radical (unpaired) electrons. The third-order valence-electron chi connectivity index (χ3n) is 3.61. The highest BCUT2D eigenvalue weighted by Gasteiger charge is 2.14. The minimum absolute atomic E-state index is 0.139. The molecule has 9 heteroatoms. The summed E-state index contributed by atoms with van der Waals surface area (Å²) in [7, 11) is 0. The molecule has 3 rings (SSSR count). The molecule has 0 spiro atoms. The van der Waals surface area contributed by atoms with E-state index in [9.17, 15) is 19.3 Å². The Morgan fingerprint density at radius 2 is 1.81 bits per heavy atom. The molecule has 0 saturated carbocycles. The molecule has 0 aliphatic carbocycles. The summed E-state index contributed by atoms with van der Waals surface area (Å²) in [6, 6.07) is 9.91. The summed E-state index contributed by atoms with van der Waals surface area (Å²) in [5.41, 5.74) is 0.911. The number of thiocarbonyl (C=S) groups is 1. The summed E-state index contributed by atoms with van der Waals surface area (Å²) in [6.45, 7) is 1.81. The first-order valence-corrected chi connectivity index (χ1v) is 7.81. The Balaban J connectivity index is 1.80. The first-order valence-electron chi connectivity index (χ1n) is 7.40. The van der Waals surface area contributed by atoms with E-state index < -0.39 is 22.1 Å². The van der Waals surface area contributed by atoms with E-state index in [2.05, 4.69) is 10.6 Å². The number of nitro groups is 1. The van der Waals surface area contributed by atoms with Crippen LogP contribution >= 0.6 is 12.2 Å². The van der Waals surface area contributed by atoms with Gasteiger partial charge in [0.2, 0.25) is 5.82 Å². The van der Waals surface area contributed by atoms with Crippen LogP contribution in [-0.2, 0) is 0 Å². The van der Waals surface area contributed by atoms with Gasteiger partial charge in [0.1, 0.15) is 5.58 Å². The standard InChI is InChI=1S/C17H12FN3O4S/c1-9-6-16(22)25-15-8-11(2-4-12(9)15)20-17(26)19-10-3-5-13(18)14(7-10)21(23)24/h2-8H,1H3,(H2,19,20,26). The van der Waals surface area contributed by atoms with Gasteiger partial charge in [0.25, 0.3) is 0 Å². The average molecular weight is 373 g/mol. The number of aryl methyl sites for hydroxylation is 1. The van der Waals surface area contributed by atoms with Crippen molar-refractivity contribution in [2.45, 2.75) is 6.92 Å².